The second kappa shape index (κ2) is 5.57. The molecule has 0 spiro atoms. The second-order valence-corrected chi connectivity index (χ2v) is 5.42. The van der Waals surface area contributed by atoms with Gasteiger partial charge in [-0.05, 0) is 33.8 Å². The molecule has 0 saturated heterocycles. The lowest BCUT2D eigenvalue weighted by Gasteiger charge is -2.15. The maximum Gasteiger partial charge on any atom is 0.101 e. The summed E-state index contributed by atoms with van der Waals surface area (Å²) >= 11 is 0. The van der Waals surface area contributed by atoms with Crippen molar-refractivity contribution in [1.29, 1.82) is 0 Å². The summed E-state index contributed by atoms with van der Waals surface area (Å²) in [6.45, 7) is 8.32. The van der Waals surface area contributed by atoms with Gasteiger partial charge in [-0.1, -0.05) is 0 Å². The third kappa shape index (κ3) is 3.04. The van der Waals surface area contributed by atoms with Gasteiger partial charge in [-0.25, -0.2) is 4.98 Å². The molecular weight excluding hydrogens is 240 g/mol. The van der Waals surface area contributed by atoms with Gasteiger partial charge >= 0.3 is 0 Å². The first kappa shape index (κ1) is 13.8. The quantitative estimate of drug-likeness (QED) is 0.900. The monoisotopic (exact) mass is 262 g/mol. The molecule has 0 bridgehead atoms. The highest BCUT2D eigenvalue weighted by molar-refractivity contribution is 5.09. The van der Waals surface area contributed by atoms with Gasteiger partial charge in [0.15, 0.2) is 0 Å². The van der Waals surface area contributed by atoms with E-state index < -0.39 is 6.10 Å². The topological polar surface area (TPSA) is 55.9 Å². The molecule has 2 aromatic heterocycles. The van der Waals surface area contributed by atoms with E-state index >= 15 is 0 Å². The van der Waals surface area contributed by atoms with Crippen molar-refractivity contribution < 1.29 is 5.11 Å². The number of imidazole rings is 1. The lowest BCUT2D eigenvalue weighted by atomic mass is 10.1. The Labute approximate surface area is 113 Å². The van der Waals surface area contributed by atoms with Gasteiger partial charge in [-0.2, -0.15) is 5.10 Å². The van der Waals surface area contributed by atoms with Crippen LogP contribution in [-0.2, 0) is 6.42 Å². The Morgan fingerprint density at radius 1 is 1.21 bits per heavy atom. The zero-order valence-corrected chi connectivity index (χ0v) is 12.0. The Bertz CT molecular complexity index is 527. The molecule has 19 heavy (non-hydrogen) atoms. The molecule has 104 valence electrons. The summed E-state index contributed by atoms with van der Waals surface area (Å²) in [4.78, 5) is 4.12. The van der Waals surface area contributed by atoms with Crippen molar-refractivity contribution in [3.8, 4) is 0 Å². The smallest absolute Gasteiger partial charge is 0.101 e. The van der Waals surface area contributed by atoms with E-state index in [4.69, 9.17) is 0 Å². The number of rotatable bonds is 5. The molecule has 5 nitrogen and oxygen atoms in total. The van der Waals surface area contributed by atoms with E-state index in [1.54, 1.807) is 12.5 Å². The van der Waals surface area contributed by atoms with E-state index in [2.05, 4.69) is 37.8 Å². The molecular formula is C14H22N4O. The summed E-state index contributed by atoms with van der Waals surface area (Å²) in [5, 5.41) is 14.8. The van der Waals surface area contributed by atoms with Crippen molar-refractivity contribution in [2.75, 3.05) is 0 Å². The summed E-state index contributed by atoms with van der Waals surface area (Å²) in [6.07, 6.45) is 5.38. The Morgan fingerprint density at radius 2 is 1.95 bits per heavy atom. The van der Waals surface area contributed by atoms with Gasteiger partial charge in [0.2, 0.25) is 0 Å². The molecule has 0 aliphatic carbocycles. The average molecular weight is 262 g/mol. The van der Waals surface area contributed by atoms with Crippen LogP contribution in [0, 0.1) is 0 Å². The fraction of sp³-hybridized carbons (Fsp3) is 0.571. The molecule has 1 unspecified atom stereocenters. The van der Waals surface area contributed by atoms with Crippen LogP contribution in [0.2, 0.25) is 0 Å². The highest BCUT2D eigenvalue weighted by Gasteiger charge is 2.16. The zero-order chi connectivity index (χ0) is 14.0. The van der Waals surface area contributed by atoms with Crippen LogP contribution in [0.15, 0.2) is 24.8 Å². The highest BCUT2D eigenvalue weighted by Crippen LogP contribution is 2.20. The number of nitrogens with zero attached hydrogens (tertiary/aromatic N) is 4. The summed E-state index contributed by atoms with van der Waals surface area (Å²) in [6, 6.07) is 2.59. The lowest BCUT2D eigenvalue weighted by Crippen LogP contribution is -2.11. The van der Waals surface area contributed by atoms with E-state index in [1.165, 1.54) is 0 Å². The largest absolute Gasteiger partial charge is 0.386 e. The molecule has 2 heterocycles. The number of hydrogen-bond donors (Lipinski definition) is 1. The molecule has 0 aliphatic heterocycles. The minimum absolute atomic E-state index is 0.292. The third-order valence-corrected chi connectivity index (χ3v) is 3.19. The standard InChI is InChI=1S/C14H22N4O/c1-10(2)17-9-15-8-13(17)14(19)7-12-5-6-18(16-12)11(3)4/h5-6,8-11,14,19H,7H2,1-4H3. The van der Waals surface area contributed by atoms with Crippen molar-refractivity contribution >= 4 is 0 Å². The molecule has 0 amide bonds. The minimum Gasteiger partial charge on any atom is -0.386 e. The first-order chi connectivity index (χ1) is 8.99. The average Bonchev–Trinajstić information content (AvgIpc) is 2.96. The Hall–Kier alpha value is -1.62. The van der Waals surface area contributed by atoms with Gasteiger partial charge in [0, 0.05) is 24.7 Å². The van der Waals surface area contributed by atoms with Crippen LogP contribution in [-0.4, -0.2) is 24.4 Å². The van der Waals surface area contributed by atoms with Gasteiger partial charge in [-0.15, -0.1) is 0 Å². The van der Waals surface area contributed by atoms with Crippen molar-refractivity contribution in [2.24, 2.45) is 0 Å². The van der Waals surface area contributed by atoms with Gasteiger partial charge in [0.1, 0.15) is 6.10 Å². The van der Waals surface area contributed by atoms with E-state index in [0.717, 1.165) is 11.4 Å². The second-order valence-electron chi connectivity index (χ2n) is 5.42. The van der Waals surface area contributed by atoms with Crippen LogP contribution in [0.3, 0.4) is 0 Å². The van der Waals surface area contributed by atoms with Crippen LogP contribution < -0.4 is 0 Å². The molecule has 0 radical (unpaired) electrons. The minimum atomic E-state index is -0.569. The fourth-order valence-corrected chi connectivity index (χ4v) is 2.08. The van der Waals surface area contributed by atoms with Crippen LogP contribution in [0.5, 0.6) is 0 Å². The molecule has 0 fully saturated rings. The maximum atomic E-state index is 10.3. The van der Waals surface area contributed by atoms with E-state index in [1.807, 2.05) is 21.5 Å². The van der Waals surface area contributed by atoms with Gasteiger partial charge in [0.25, 0.3) is 0 Å². The predicted molar refractivity (Wildman–Crippen MR) is 73.9 cm³/mol. The lowest BCUT2D eigenvalue weighted by molar-refractivity contribution is 0.165. The highest BCUT2D eigenvalue weighted by atomic mass is 16.3. The number of hydrogen-bond acceptors (Lipinski definition) is 3. The zero-order valence-electron chi connectivity index (χ0n) is 12.0. The van der Waals surface area contributed by atoms with Gasteiger partial charge < -0.3 is 9.67 Å². The molecule has 2 aromatic rings. The maximum absolute atomic E-state index is 10.3. The summed E-state index contributed by atoms with van der Waals surface area (Å²) < 4.78 is 3.89. The number of aromatic nitrogens is 4. The number of aliphatic hydroxyl groups is 1. The SMILES string of the molecule is CC(C)n1ccc(CC(O)c2cncn2C(C)C)n1. The van der Waals surface area contributed by atoms with Crippen LogP contribution in [0.1, 0.15) is 57.3 Å². The normalized spacial score (nSPS) is 13.4. The van der Waals surface area contributed by atoms with Crippen molar-refractivity contribution in [3.05, 3.63) is 36.2 Å². The molecule has 5 heteroatoms. The summed E-state index contributed by atoms with van der Waals surface area (Å²) in [7, 11) is 0. The number of aliphatic hydroxyl groups excluding tert-OH is 1. The van der Waals surface area contributed by atoms with Gasteiger partial charge in [0.05, 0.1) is 23.9 Å². The first-order valence-corrected chi connectivity index (χ1v) is 6.73. The third-order valence-electron chi connectivity index (χ3n) is 3.19. The molecule has 2 rings (SSSR count). The Morgan fingerprint density at radius 3 is 2.53 bits per heavy atom. The predicted octanol–water partition coefficient (Wildman–Crippen LogP) is 2.52. The summed E-state index contributed by atoms with van der Waals surface area (Å²) in [5.74, 6) is 0. The van der Waals surface area contributed by atoms with Crippen molar-refractivity contribution in [2.45, 2.75) is 52.3 Å². The van der Waals surface area contributed by atoms with Crippen LogP contribution in [0.4, 0.5) is 0 Å². The van der Waals surface area contributed by atoms with Crippen molar-refractivity contribution in [1.82, 2.24) is 19.3 Å². The fourth-order valence-electron chi connectivity index (χ4n) is 2.08. The Kier molecular flexibility index (Phi) is 4.04. The van der Waals surface area contributed by atoms with Gasteiger partial charge in [-0.3, -0.25) is 4.68 Å². The molecule has 0 aliphatic rings. The van der Waals surface area contributed by atoms with E-state index in [0.29, 0.717) is 18.5 Å². The molecule has 0 saturated carbocycles. The first-order valence-electron chi connectivity index (χ1n) is 6.73. The van der Waals surface area contributed by atoms with Crippen LogP contribution in [0.25, 0.3) is 0 Å². The molecule has 0 aromatic carbocycles. The van der Waals surface area contributed by atoms with E-state index in [-0.39, 0.29) is 0 Å². The Balaban J connectivity index is 2.11. The van der Waals surface area contributed by atoms with Crippen molar-refractivity contribution in [3.63, 3.8) is 0 Å². The summed E-state index contributed by atoms with van der Waals surface area (Å²) in [5.41, 5.74) is 1.74. The molecule has 1 atom stereocenters. The molecule has 1 N–H and O–H groups in total. The van der Waals surface area contributed by atoms with E-state index in [9.17, 15) is 5.11 Å². The van der Waals surface area contributed by atoms with Crippen LogP contribution >= 0.6 is 0 Å².